The van der Waals surface area contributed by atoms with Gasteiger partial charge in [-0.2, -0.15) is 0 Å². The number of nitrogens with zero attached hydrogens (tertiary/aromatic N) is 2. The topological polar surface area (TPSA) is 103 Å². The summed E-state index contributed by atoms with van der Waals surface area (Å²) < 4.78 is 18.7. The molecule has 1 fully saturated rings. The van der Waals surface area contributed by atoms with Crippen LogP contribution in [0.2, 0.25) is 0 Å². The highest BCUT2D eigenvalue weighted by atomic mass is 32.2. The molecule has 1 aliphatic heterocycles. The summed E-state index contributed by atoms with van der Waals surface area (Å²) in [4.78, 5) is 22.9. The Kier molecular flexibility index (Phi) is 10.5. The number of amides is 1. The van der Waals surface area contributed by atoms with Crippen LogP contribution in [-0.4, -0.2) is 39.9 Å². The lowest BCUT2D eigenvalue weighted by molar-refractivity contribution is -0.245. The molecule has 5 aromatic carbocycles. The van der Waals surface area contributed by atoms with Gasteiger partial charge >= 0.3 is 0 Å². The first-order chi connectivity index (χ1) is 24.6. The number of thioether (sulfide) groups is 1. The van der Waals surface area contributed by atoms with Crippen LogP contribution >= 0.6 is 11.8 Å². The van der Waals surface area contributed by atoms with Crippen LogP contribution in [0.4, 0.5) is 0 Å². The van der Waals surface area contributed by atoms with Crippen molar-refractivity contribution in [3.05, 3.63) is 155 Å². The predicted octanol–water partition coefficient (Wildman–Crippen LogP) is 8.07. The summed E-state index contributed by atoms with van der Waals surface area (Å²) in [6.45, 7) is 0.332. The number of para-hydroxylation sites is 3. The van der Waals surface area contributed by atoms with E-state index < -0.39 is 6.29 Å². The maximum absolute atomic E-state index is 13.0. The van der Waals surface area contributed by atoms with Crippen molar-refractivity contribution in [1.29, 1.82) is 0 Å². The van der Waals surface area contributed by atoms with E-state index in [4.69, 9.17) is 14.2 Å². The van der Waals surface area contributed by atoms with Crippen molar-refractivity contribution < 1.29 is 24.1 Å². The van der Waals surface area contributed by atoms with Crippen molar-refractivity contribution in [3.63, 3.8) is 0 Å². The Hall–Kier alpha value is -5.06. The monoisotopic (exact) mass is 683 g/mol. The maximum Gasteiger partial charge on any atom is 0.271 e. The fourth-order valence-corrected chi connectivity index (χ4v) is 7.10. The standard InChI is InChI=1S/C41H37N3O5S/c1-47-37-12-6-7-13-39(37)50-26-32-22-38(29-16-14-27(25-45)15-17-29)49-41(48-32)30-20-18-28(19-21-30)33-9-3-2-8-31(33)23-43-40(46)36-24-42-34-10-4-5-11-35(34)44-36/h2-21,24,32,38,41,45H,22-23,25-26H2,1H3,(H,43,46)/t32-,38+,41+/m0/s1. The molecule has 9 heteroatoms. The van der Waals surface area contributed by atoms with Gasteiger partial charge in [-0.15, -0.1) is 11.8 Å². The quantitative estimate of drug-likeness (QED) is 0.132. The zero-order valence-corrected chi connectivity index (χ0v) is 28.4. The second-order valence-electron chi connectivity index (χ2n) is 12.0. The van der Waals surface area contributed by atoms with E-state index in [1.807, 2.05) is 97.1 Å². The Labute approximate surface area is 295 Å². The summed E-state index contributed by atoms with van der Waals surface area (Å²) in [6, 6.07) is 39.7. The molecule has 8 nitrogen and oxygen atoms in total. The number of ether oxygens (including phenoxy) is 3. The highest BCUT2D eigenvalue weighted by Gasteiger charge is 2.32. The summed E-state index contributed by atoms with van der Waals surface area (Å²) in [5, 5.41) is 12.6. The molecule has 0 unspecified atom stereocenters. The lowest BCUT2D eigenvalue weighted by Gasteiger charge is -2.36. The van der Waals surface area contributed by atoms with Crippen molar-refractivity contribution in [2.45, 2.75) is 43.0 Å². The van der Waals surface area contributed by atoms with E-state index in [9.17, 15) is 9.90 Å². The molecular weight excluding hydrogens is 647 g/mol. The van der Waals surface area contributed by atoms with Crippen LogP contribution in [0.5, 0.6) is 5.75 Å². The summed E-state index contributed by atoms with van der Waals surface area (Å²) in [5.74, 6) is 1.29. The van der Waals surface area contributed by atoms with Crippen LogP contribution in [0.25, 0.3) is 22.2 Å². The number of aromatic nitrogens is 2. The van der Waals surface area contributed by atoms with Crippen molar-refractivity contribution in [3.8, 4) is 16.9 Å². The normalized spacial score (nSPS) is 17.4. The fourth-order valence-electron chi connectivity index (χ4n) is 6.05. The smallest absolute Gasteiger partial charge is 0.271 e. The van der Waals surface area contributed by atoms with Gasteiger partial charge in [0, 0.05) is 29.2 Å². The third-order valence-corrected chi connectivity index (χ3v) is 9.93. The Bertz CT molecular complexity index is 2070. The number of benzene rings is 5. The van der Waals surface area contributed by atoms with Gasteiger partial charge in [0.2, 0.25) is 0 Å². The molecule has 1 amide bonds. The van der Waals surface area contributed by atoms with Crippen LogP contribution in [0.1, 0.15) is 51.6 Å². The number of hydrogen-bond acceptors (Lipinski definition) is 8. The molecule has 0 bridgehead atoms. The minimum atomic E-state index is -0.568. The van der Waals surface area contributed by atoms with Gasteiger partial charge in [0.1, 0.15) is 11.4 Å². The van der Waals surface area contributed by atoms with Gasteiger partial charge in [-0.1, -0.05) is 97.1 Å². The van der Waals surface area contributed by atoms with Crippen molar-refractivity contribution >= 4 is 28.7 Å². The van der Waals surface area contributed by atoms with E-state index >= 15 is 0 Å². The van der Waals surface area contributed by atoms with E-state index in [2.05, 4.69) is 39.6 Å². The van der Waals surface area contributed by atoms with Gasteiger partial charge in [-0.05, 0) is 52.1 Å². The minimum absolute atomic E-state index is 0.00328. The van der Waals surface area contributed by atoms with E-state index in [1.165, 1.54) is 6.20 Å². The van der Waals surface area contributed by atoms with Crippen LogP contribution in [0.15, 0.2) is 132 Å². The molecule has 50 heavy (non-hydrogen) atoms. The van der Waals surface area contributed by atoms with Crippen molar-refractivity contribution in [2.75, 3.05) is 12.9 Å². The number of fused-ring (bicyclic) bond motifs is 1. The van der Waals surface area contributed by atoms with E-state index in [0.29, 0.717) is 18.5 Å². The fraction of sp³-hybridized carbons (Fsp3) is 0.195. The first kappa shape index (κ1) is 33.4. The molecule has 0 saturated carbocycles. The predicted molar refractivity (Wildman–Crippen MR) is 195 cm³/mol. The maximum atomic E-state index is 13.0. The second-order valence-corrected chi connectivity index (χ2v) is 13.1. The Morgan fingerprint density at radius 1 is 0.860 bits per heavy atom. The number of carbonyl (C=O) groups excluding carboxylic acids is 1. The van der Waals surface area contributed by atoms with Gasteiger partial charge < -0.3 is 24.6 Å². The molecule has 2 heterocycles. The average molecular weight is 684 g/mol. The summed E-state index contributed by atoms with van der Waals surface area (Å²) in [5.41, 5.74) is 7.53. The number of aliphatic hydroxyl groups is 1. The average Bonchev–Trinajstić information content (AvgIpc) is 3.19. The Balaban J connectivity index is 1.07. The molecule has 3 atom stereocenters. The van der Waals surface area contributed by atoms with Gasteiger partial charge in [0.15, 0.2) is 6.29 Å². The van der Waals surface area contributed by atoms with Crippen LogP contribution in [0, 0.1) is 0 Å². The molecule has 2 N–H and O–H groups in total. The molecule has 252 valence electrons. The van der Waals surface area contributed by atoms with Crippen LogP contribution < -0.4 is 10.1 Å². The third-order valence-electron chi connectivity index (χ3n) is 8.74. The van der Waals surface area contributed by atoms with Gasteiger partial charge in [-0.3, -0.25) is 9.78 Å². The summed E-state index contributed by atoms with van der Waals surface area (Å²) >= 11 is 1.71. The van der Waals surface area contributed by atoms with Gasteiger partial charge in [0.25, 0.3) is 5.91 Å². The van der Waals surface area contributed by atoms with E-state index in [-0.39, 0.29) is 30.4 Å². The van der Waals surface area contributed by atoms with Crippen LogP contribution in [-0.2, 0) is 22.6 Å². The Morgan fingerprint density at radius 2 is 1.58 bits per heavy atom. The molecule has 6 aromatic rings. The third kappa shape index (κ3) is 7.72. The lowest BCUT2D eigenvalue weighted by Crippen LogP contribution is -2.31. The SMILES string of the molecule is COc1ccccc1SC[C@@H]1C[C@H](c2ccc(CO)cc2)O[C@H](c2ccc(-c3ccccc3CNC(=O)c3cnc4ccccc4n3)cc2)O1. The van der Waals surface area contributed by atoms with E-state index in [1.54, 1.807) is 18.9 Å². The lowest BCUT2D eigenvalue weighted by atomic mass is 9.97. The van der Waals surface area contributed by atoms with Crippen LogP contribution in [0.3, 0.4) is 0 Å². The van der Waals surface area contributed by atoms with Crippen molar-refractivity contribution in [2.24, 2.45) is 0 Å². The molecule has 7 rings (SSSR count). The van der Waals surface area contributed by atoms with Gasteiger partial charge in [0.05, 0.1) is 43.2 Å². The largest absolute Gasteiger partial charge is 0.496 e. The highest BCUT2D eigenvalue weighted by molar-refractivity contribution is 7.99. The molecular formula is C41H37N3O5S. The summed E-state index contributed by atoms with van der Waals surface area (Å²) in [6.07, 6.45) is 1.37. The molecule has 1 aromatic heterocycles. The first-order valence-corrected chi connectivity index (χ1v) is 17.5. The number of rotatable bonds is 11. The number of nitrogens with one attached hydrogen (secondary N) is 1. The van der Waals surface area contributed by atoms with E-state index in [0.717, 1.165) is 55.3 Å². The highest BCUT2D eigenvalue weighted by Crippen LogP contribution is 2.41. The van der Waals surface area contributed by atoms with Crippen molar-refractivity contribution in [1.82, 2.24) is 15.3 Å². The zero-order chi connectivity index (χ0) is 34.3. The second kappa shape index (κ2) is 15.7. The molecule has 0 aliphatic carbocycles. The summed E-state index contributed by atoms with van der Waals surface area (Å²) in [7, 11) is 1.69. The molecule has 0 radical (unpaired) electrons. The molecule has 0 spiro atoms. The number of carbonyl (C=O) groups is 1. The molecule has 1 saturated heterocycles. The first-order valence-electron chi connectivity index (χ1n) is 16.5. The Morgan fingerprint density at radius 3 is 2.38 bits per heavy atom. The number of methoxy groups -OCH3 is 1. The molecule has 1 aliphatic rings. The number of aliphatic hydroxyl groups excluding tert-OH is 1. The van der Waals surface area contributed by atoms with Gasteiger partial charge in [-0.25, -0.2) is 4.98 Å². The minimum Gasteiger partial charge on any atom is -0.496 e. The zero-order valence-electron chi connectivity index (χ0n) is 27.6. The number of hydrogen-bond donors (Lipinski definition) is 2.